The smallest absolute Gasteiger partial charge is 0.257 e. The minimum Gasteiger partial charge on any atom is -0.365 e. The van der Waals surface area contributed by atoms with Gasteiger partial charge in [0.25, 0.3) is 11.8 Å². The van der Waals surface area contributed by atoms with Gasteiger partial charge in [-0.15, -0.1) is 11.3 Å². The first kappa shape index (κ1) is 24.2. The van der Waals surface area contributed by atoms with Crippen molar-refractivity contribution in [2.45, 2.75) is 47.0 Å². The summed E-state index contributed by atoms with van der Waals surface area (Å²) in [6.45, 7) is 8.81. The topological polar surface area (TPSA) is 85.1 Å². The second-order valence-electron chi connectivity index (χ2n) is 10.8. The summed E-state index contributed by atoms with van der Waals surface area (Å²) in [4.78, 5) is 32.2. The number of rotatable bonds is 4. The van der Waals surface area contributed by atoms with Crippen LogP contribution in [0, 0.1) is 18.3 Å². The zero-order valence-corrected chi connectivity index (χ0v) is 22.0. The minimum atomic E-state index is -0.489. The highest BCUT2D eigenvalue weighted by Crippen LogP contribution is 2.44. The molecule has 184 valence electrons. The average Bonchev–Trinajstić information content (AvgIpc) is 3.20. The lowest BCUT2D eigenvalue weighted by atomic mass is 9.72. The van der Waals surface area contributed by atoms with E-state index in [1.807, 2.05) is 55.5 Å². The van der Waals surface area contributed by atoms with Crippen LogP contribution in [0.5, 0.6) is 0 Å². The number of hydrogen-bond acceptors (Lipinski definition) is 4. The molecule has 1 aliphatic rings. The fraction of sp³-hybridized carbons (Fsp3) is 0.300. The SMILES string of the molecule is Cc1cccc(-c2cc(C(=O)Nc3sc4c(c3C(N)=O)CCC(C(C)(C)C)C4)c3ccccc3n2)c1. The van der Waals surface area contributed by atoms with Crippen LogP contribution in [-0.4, -0.2) is 16.8 Å². The van der Waals surface area contributed by atoms with E-state index < -0.39 is 5.91 Å². The Hall–Kier alpha value is -3.51. The first-order chi connectivity index (χ1) is 17.1. The molecule has 5 rings (SSSR count). The predicted molar refractivity (Wildman–Crippen MR) is 148 cm³/mol. The predicted octanol–water partition coefficient (Wildman–Crippen LogP) is 6.77. The van der Waals surface area contributed by atoms with Crippen LogP contribution in [0.25, 0.3) is 22.2 Å². The van der Waals surface area contributed by atoms with Crippen molar-refractivity contribution in [1.82, 2.24) is 4.98 Å². The third kappa shape index (κ3) is 4.53. The number of benzene rings is 2. The van der Waals surface area contributed by atoms with Gasteiger partial charge in [0.15, 0.2) is 0 Å². The molecule has 2 aromatic carbocycles. The van der Waals surface area contributed by atoms with Gasteiger partial charge in [-0.1, -0.05) is 62.7 Å². The van der Waals surface area contributed by atoms with Crippen LogP contribution in [0.1, 0.15) is 63.9 Å². The van der Waals surface area contributed by atoms with Gasteiger partial charge in [-0.05, 0) is 61.3 Å². The number of carbonyl (C=O) groups is 2. The normalized spacial score (nSPS) is 15.5. The Morgan fingerprint density at radius 1 is 1.08 bits per heavy atom. The van der Waals surface area contributed by atoms with E-state index in [-0.39, 0.29) is 11.3 Å². The van der Waals surface area contributed by atoms with Crippen LogP contribution < -0.4 is 11.1 Å². The zero-order valence-electron chi connectivity index (χ0n) is 21.1. The number of para-hydroxylation sites is 1. The number of anilines is 1. The van der Waals surface area contributed by atoms with Crippen LogP contribution in [0.15, 0.2) is 54.6 Å². The van der Waals surface area contributed by atoms with Crippen molar-refractivity contribution in [2.24, 2.45) is 17.1 Å². The quantitative estimate of drug-likeness (QED) is 0.326. The Bertz CT molecular complexity index is 1500. The van der Waals surface area contributed by atoms with Gasteiger partial charge in [-0.3, -0.25) is 9.59 Å². The van der Waals surface area contributed by atoms with Crippen molar-refractivity contribution in [1.29, 1.82) is 0 Å². The summed E-state index contributed by atoms with van der Waals surface area (Å²) >= 11 is 1.49. The van der Waals surface area contributed by atoms with Crippen molar-refractivity contribution in [2.75, 3.05) is 5.32 Å². The van der Waals surface area contributed by atoms with Crippen LogP contribution in [0.2, 0.25) is 0 Å². The maximum absolute atomic E-state index is 13.7. The summed E-state index contributed by atoms with van der Waals surface area (Å²) in [6.07, 6.45) is 2.71. The molecule has 5 nitrogen and oxygen atoms in total. The molecular weight excluding hydrogens is 466 g/mol. The molecule has 0 radical (unpaired) electrons. The van der Waals surface area contributed by atoms with E-state index in [1.165, 1.54) is 11.3 Å². The number of aryl methyl sites for hydroxylation is 1. The average molecular weight is 498 g/mol. The molecule has 1 unspecified atom stereocenters. The Morgan fingerprint density at radius 3 is 2.58 bits per heavy atom. The Balaban J connectivity index is 1.55. The molecule has 0 spiro atoms. The molecule has 3 N–H and O–H groups in total. The van der Waals surface area contributed by atoms with Crippen LogP contribution in [0.4, 0.5) is 5.00 Å². The summed E-state index contributed by atoms with van der Waals surface area (Å²) in [5, 5.41) is 4.36. The number of pyridine rings is 1. The summed E-state index contributed by atoms with van der Waals surface area (Å²) in [7, 11) is 0. The van der Waals surface area contributed by atoms with Crippen molar-refractivity contribution in [3.05, 3.63) is 81.7 Å². The van der Waals surface area contributed by atoms with E-state index in [0.717, 1.165) is 57.4 Å². The second-order valence-corrected chi connectivity index (χ2v) is 11.9. The zero-order chi connectivity index (χ0) is 25.6. The number of hydrogen-bond donors (Lipinski definition) is 2. The number of carbonyl (C=O) groups excluding carboxylic acids is 2. The third-order valence-electron chi connectivity index (χ3n) is 7.24. The molecule has 6 heteroatoms. The lowest BCUT2D eigenvalue weighted by molar-refractivity contribution is 0.1000. The Labute approximate surface area is 215 Å². The van der Waals surface area contributed by atoms with Crippen molar-refractivity contribution < 1.29 is 9.59 Å². The highest BCUT2D eigenvalue weighted by Gasteiger charge is 2.33. The maximum Gasteiger partial charge on any atom is 0.257 e. The number of nitrogens with zero attached hydrogens (tertiary/aromatic N) is 1. The Morgan fingerprint density at radius 2 is 1.86 bits per heavy atom. The summed E-state index contributed by atoms with van der Waals surface area (Å²) in [5.74, 6) is -0.234. The molecule has 36 heavy (non-hydrogen) atoms. The number of amides is 2. The van der Waals surface area contributed by atoms with E-state index in [9.17, 15) is 9.59 Å². The first-order valence-electron chi connectivity index (χ1n) is 12.3. The number of nitrogens with two attached hydrogens (primary N) is 1. The molecule has 0 fully saturated rings. The van der Waals surface area contributed by atoms with Gasteiger partial charge >= 0.3 is 0 Å². The lowest BCUT2D eigenvalue weighted by Gasteiger charge is -2.33. The molecule has 2 amide bonds. The highest BCUT2D eigenvalue weighted by atomic mass is 32.1. The van der Waals surface area contributed by atoms with E-state index in [4.69, 9.17) is 10.7 Å². The molecule has 0 saturated heterocycles. The van der Waals surface area contributed by atoms with Crippen LogP contribution in [-0.2, 0) is 12.8 Å². The van der Waals surface area contributed by atoms with E-state index in [0.29, 0.717) is 22.0 Å². The molecule has 4 aromatic rings. The molecular formula is C30H31N3O2S. The number of aromatic nitrogens is 1. The molecule has 1 aliphatic carbocycles. The van der Waals surface area contributed by atoms with Crippen LogP contribution >= 0.6 is 11.3 Å². The minimum absolute atomic E-state index is 0.181. The molecule has 2 aromatic heterocycles. The van der Waals surface area contributed by atoms with Gasteiger partial charge in [-0.2, -0.15) is 0 Å². The van der Waals surface area contributed by atoms with Crippen molar-refractivity contribution >= 4 is 39.1 Å². The monoisotopic (exact) mass is 497 g/mol. The van der Waals surface area contributed by atoms with E-state index in [1.54, 1.807) is 0 Å². The van der Waals surface area contributed by atoms with Gasteiger partial charge in [0.1, 0.15) is 5.00 Å². The lowest BCUT2D eigenvalue weighted by Crippen LogP contribution is -2.27. The second kappa shape index (κ2) is 9.17. The molecule has 1 atom stereocenters. The molecule has 0 bridgehead atoms. The summed E-state index contributed by atoms with van der Waals surface area (Å²) < 4.78 is 0. The van der Waals surface area contributed by atoms with Gasteiger partial charge in [-0.25, -0.2) is 4.98 Å². The maximum atomic E-state index is 13.7. The highest BCUT2D eigenvalue weighted by molar-refractivity contribution is 7.17. The number of thiophene rings is 1. The number of fused-ring (bicyclic) bond motifs is 2. The number of nitrogens with one attached hydrogen (secondary N) is 1. The fourth-order valence-corrected chi connectivity index (χ4v) is 6.49. The van der Waals surface area contributed by atoms with Crippen LogP contribution in [0.3, 0.4) is 0 Å². The number of primary amides is 1. The molecule has 0 aliphatic heterocycles. The van der Waals surface area contributed by atoms with Gasteiger partial charge in [0.2, 0.25) is 0 Å². The Kier molecular flexibility index (Phi) is 6.17. The fourth-order valence-electron chi connectivity index (χ4n) is 5.16. The van der Waals surface area contributed by atoms with Gasteiger partial charge in [0, 0.05) is 15.8 Å². The van der Waals surface area contributed by atoms with E-state index in [2.05, 4.69) is 32.2 Å². The first-order valence-corrected chi connectivity index (χ1v) is 13.2. The van der Waals surface area contributed by atoms with Gasteiger partial charge < -0.3 is 11.1 Å². The third-order valence-corrected chi connectivity index (χ3v) is 8.41. The molecule has 2 heterocycles. The van der Waals surface area contributed by atoms with E-state index >= 15 is 0 Å². The van der Waals surface area contributed by atoms with Crippen molar-refractivity contribution in [3.63, 3.8) is 0 Å². The van der Waals surface area contributed by atoms with Crippen molar-refractivity contribution in [3.8, 4) is 11.3 Å². The van der Waals surface area contributed by atoms with Gasteiger partial charge in [0.05, 0.1) is 22.3 Å². The summed E-state index contributed by atoms with van der Waals surface area (Å²) in [6, 6.07) is 17.5. The molecule has 0 saturated carbocycles. The standard InChI is InChI=1S/C30H31N3O2S/c1-17-8-7-9-18(14-17)24-16-22(20-10-5-6-11-23(20)32-24)28(35)33-29-26(27(31)34)21-13-12-19(30(2,3)4)15-25(21)36-29/h5-11,14,16,19H,12-13,15H2,1-4H3,(H2,31,34)(H,33,35). The summed E-state index contributed by atoms with van der Waals surface area (Å²) in [5.41, 5.74) is 11.6. The largest absolute Gasteiger partial charge is 0.365 e.